The van der Waals surface area contributed by atoms with Gasteiger partial charge in [0.1, 0.15) is 4.60 Å². The van der Waals surface area contributed by atoms with Gasteiger partial charge in [-0.25, -0.2) is 4.98 Å². The minimum atomic E-state index is -0.891. The number of aromatic nitrogens is 1. The van der Waals surface area contributed by atoms with Crippen molar-refractivity contribution >= 4 is 33.5 Å². The van der Waals surface area contributed by atoms with Crippen LogP contribution in [0, 0.1) is 11.8 Å². The van der Waals surface area contributed by atoms with Crippen LogP contribution in [0.4, 0.5) is 5.69 Å². The van der Waals surface area contributed by atoms with Gasteiger partial charge in [0.05, 0.1) is 17.5 Å². The lowest BCUT2D eigenvalue weighted by atomic mass is 9.95. The molecule has 1 aliphatic rings. The summed E-state index contributed by atoms with van der Waals surface area (Å²) in [6.07, 6.45) is 3.58. The van der Waals surface area contributed by atoms with Crippen molar-refractivity contribution in [3.05, 3.63) is 22.9 Å². The van der Waals surface area contributed by atoms with Crippen molar-refractivity contribution in [1.82, 2.24) is 4.98 Å². The Morgan fingerprint density at radius 2 is 2.11 bits per heavy atom. The number of anilines is 1. The number of nitrogens with zero attached hydrogens (tertiary/aromatic N) is 1. The van der Waals surface area contributed by atoms with Gasteiger partial charge in [-0.1, -0.05) is 6.42 Å². The van der Waals surface area contributed by atoms with Gasteiger partial charge >= 0.3 is 5.97 Å². The molecule has 0 bridgehead atoms. The number of carboxylic acid groups (broad SMARTS) is 1. The molecule has 18 heavy (non-hydrogen) atoms. The highest BCUT2D eigenvalue weighted by Crippen LogP contribution is 2.33. The van der Waals surface area contributed by atoms with Gasteiger partial charge in [0, 0.05) is 6.20 Å². The van der Waals surface area contributed by atoms with E-state index in [4.69, 9.17) is 5.11 Å². The molecule has 1 aliphatic carbocycles. The van der Waals surface area contributed by atoms with E-state index in [1.807, 2.05) is 0 Å². The summed E-state index contributed by atoms with van der Waals surface area (Å²) < 4.78 is 0.545. The van der Waals surface area contributed by atoms with Crippen LogP contribution in [0.15, 0.2) is 22.9 Å². The molecule has 2 rings (SSSR count). The molecule has 1 fully saturated rings. The van der Waals surface area contributed by atoms with Crippen molar-refractivity contribution in [2.45, 2.75) is 19.3 Å². The number of amides is 1. The molecule has 1 saturated carbocycles. The quantitative estimate of drug-likeness (QED) is 0.839. The van der Waals surface area contributed by atoms with E-state index in [0.29, 0.717) is 23.1 Å². The van der Waals surface area contributed by atoms with E-state index in [2.05, 4.69) is 26.2 Å². The van der Waals surface area contributed by atoms with Gasteiger partial charge in [0.2, 0.25) is 5.91 Å². The van der Waals surface area contributed by atoms with Gasteiger partial charge in [-0.15, -0.1) is 0 Å². The first-order valence-electron chi connectivity index (χ1n) is 5.74. The van der Waals surface area contributed by atoms with Crippen LogP contribution in [-0.2, 0) is 9.59 Å². The lowest BCUT2D eigenvalue weighted by Gasteiger charge is -2.15. The first-order chi connectivity index (χ1) is 8.59. The molecule has 1 heterocycles. The molecule has 0 saturated heterocycles. The highest BCUT2D eigenvalue weighted by atomic mass is 79.9. The average molecular weight is 313 g/mol. The molecule has 0 spiro atoms. The summed E-state index contributed by atoms with van der Waals surface area (Å²) in [6, 6.07) is 3.43. The fourth-order valence-corrected chi connectivity index (χ4v) is 2.62. The van der Waals surface area contributed by atoms with Crippen LogP contribution in [0.5, 0.6) is 0 Å². The van der Waals surface area contributed by atoms with Crippen LogP contribution in [-0.4, -0.2) is 22.0 Å². The summed E-state index contributed by atoms with van der Waals surface area (Å²) in [4.78, 5) is 27.1. The summed E-state index contributed by atoms with van der Waals surface area (Å²) in [5.41, 5.74) is 0.568. The molecule has 96 valence electrons. The van der Waals surface area contributed by atoms with Gasteiger partial charge in [-0.05, 0) is 40.9 Å². The first-order valence-corrected chi connectivity index (χ1v) is 6.53. The van der Waals surface area contributed by atoms with Gasteiger partial charge in [0.15, 0.2) is 0 Å². The summed E-state index contributed by atoms with van der Waals surface area (Å²) in [5, 5.41) is 11.8. The third kappa shape index (κ3) is 2.69. The number of carboxylic acids is 1. The molecule has 1 aromatic rings. The Kier molecular flexibility index (Phi) is 3.96. The fraction of sp³-hybridized carbons (Fsp3) is 0.417. The maximum Gasteiger partial charge on any atom is 0.307 e. The molecule has 0 aliphatic heterocycles. The molecule has 0 unspecified atom stereocenters. The van der Waals surface area contributed by atoms with Gasteiger partial charge in [0.25, 0.3) is 0 Å². The second-order valence-electron chi connectivity index (χ2n) is 4.31. The molecule has 1 aromatic heterocycles. The second kappa shape index (κ2) is 5.48. The third-order valence-corrected chi connectivity index (χ3v) is 3.82. The van der Waals surface area contributed by atoms with E-state index in [0.717, 1.165) is 6.42 Å². The number of hydrogen-bond donors (Lipinski definition) is 2. The zero-order valence-corrected chi connectivity index (χ0v) is 11.2. The van der Waals surface area contributed by atoms with Gasteiger partial charge in [-0.3, -0.25) is 9.59 Å². The van der Waals surface area contributed by atoms with Crippen molar-refractivity contribution in [3.8, 4) is 0 Å². The topological polar surface area (TPSA) is 79.3 Å². The lowest BCUT2D eigenvalue weighted by Crippen LogP contribution is -2.30. The molecular weight excluding hydrogens is 300 g/mol. The Balaban J connectivity index is 2.08. The fourth-order valence-electron chi connectivity index (χ4n) is 2.27. The van der Waals surface area contributed by atoms with E-state index >= 15 is 0 Å². The van der Waals surface area contributed by atoms with Crippen LogP contribution in [0.3, 0.4) is 0 Å². The van der Waals surface area contributed by atoms with Crippen LogP contribution in [0.2, 0.25) is 0 Å². The Hall–Kier alpha value is -1.43. The van der Waals surface area contributed by atoms with E-state index in [1.54, 1.807) is 18.3 Å². The Labute approximate surface area is 113 Å². The van der Waals surface area contributed by atoms with Gasteiger partial charge in [-0.2, -0.15) is 0 Å². The maximum atomic E-state index is 12.1. The molecular formula is C12H13BrN2O3. The van der Waals surface area contributed by atoms with Crippen molar-refractivity contribution in [3.63, 3.8) is 0 Å². The molecule has 6 heteroatoms. The standard InChI is InChI=1S/C12H13BrN2O3/c13-10-9(5-2-6-14-10)15-11(16)7-3-1-4-8(7)12(17)18/h2,5-8H,1,3-4H2,(H,15,16)(H,17,18)/t7-,8+/m1/s1. The highest BCUT2D eigenvalue weighted by molar-refractivity contribution is 9.10. The van der Waals surface area contributed by atoms with E-state index < -0.39 is 17.8 Å². The van der Waals surface area contributed by atoms with Crippen LogP contribution in [0.1, 0.15) is 19.3 Å². The number of carbonyl (C=O) groups excluding carboxylic acids is 1. The number of rotatable bonds is 3. The van der Waals surface area contributed by atoms with E-state index in [1.165, 1.54) is 0 Å². The van der Waals surface area contributed by atoms with Gasteiger partial charge < -0.3 is 10.4 Å². The number of nitrogens with one attached hydrogen (secondary N) is 1. The summed E-state index contributed by atoms with van der Waals surface area (Å²) >= 11 is 3.24. The lowest BCUT2D eigenvalue weighted by molar-refractivity contribution is -0.145. The zero-order chi connectivity index (χ0) is 13.1. The van der Waals surface area contributed by atoms with Crippen molar-refractivity contribution in [2.24, 2.45) is 11.8 Å². The molecule has 2 atom stereocenters. The number of hydrogen-bond acceptors (Lipinski definition) is 3. The predicted molar refractivity (Wildman–Crippen MR) is 69.0 cm³/mol. The summed E-state index contributed by atoms with van der Waals surface area (Å²) in [6.45, 7) is 0. The molecule has 1 amide bonds. The first kappa shape index (κ1) is 13.0. The highest BCUT2D eigenvalue weighted by Gasteiger charge is 2.37. The molecule has 2 N–H and O–H groups in total. The van der Waals surface area contributed by atoms with Crippen LogP contribution < -0.4 is 5.32 Å². The molecule has 0 radical (unpaired) electrons. The minimum absolute atomic E-state index is 0.242. The minimum Gasteiger partial charge on any atom is -0.481 e. The second-order valence-corrected chi connectivity index (χ2v) is 5.06. The number of halogens is 1. The maximum absolute atomic E-state index is 12.1. The van der Waals surface area contributed by atoms with E-state index in [9.17, 15) is 9.59 Å². The van der Waals surface area contributed by atoms with Crippen LogP contribution in [0.25, 0.3) is 0 Å². The number of pyridine rings is 1. The number of aliphatic carboxylic acids is 1. The van der Waals surface area contributed by atoms with Crippen molar-refractivity contribution in [1.29, 1.82) is 0 Å². The third-order valence-electron chi connectivity index (χ3n) is 3.19. The number of carbonyl (C=O) groups is 2. The normalized spacial score (nSPS) is 22.7. The summed E-state index contributed by atoms with van der Waals surface area (Å²) in [7, 11) is 0. The average Bonchev–Trinajstić information content (AvgIpc) is 2.81. The predicted octanol–water partition coefficient (Wildman–Crippen LogP) is 2.28. The smallest absolute Gasteiger partial charge is 0.307 e. The van der Waals surface area contributed by atoms with Crippen molar-refractivity contribution in [2.75, 3.05) is 5.32 Å². The van der Waals surface area contributed by atoms with Crippen LogP contribution >= 0.6 is 15.9 Å². The molecule has 5 nitrogen and oxygen atoms in total. The largest absolute Gasteiger partial charge is 0.481 e. The Morgan fingerprint density at radius 3 is 2.78 bits per heavy atom. The summed E-state index contributed by atoms with van der Waals surface area (Å²) in [5.74, 6) is -2.15. The molecule has 0 aromatic carbocycles. The Bertz CT molecular complexity index is 478. The van der Waals surface area contributed by atoms with Crippen molar-refractivity contribution < 1.29 is 14.7 Å². The SMILES string of the molecule is O=C(O)[C@H]1CCC[C@H]1C(=O)Nc1cccnc1Br. The monoisotopic (exact) mass is 312 g/mol. The zero-order valence-electron chi connectivity index (χ0n) is 9.60. The van der Waals surface area contributed by atoms with E-state index in [-0.39, 0.29) is 5.91 Å². The Morgan fingerprint density at radius 1 is 1.39 bits per heavy atom.